The highest BCUT2D eigenvalue weighted by Crippen LogP contribution is 2.22. The number of carbonyl (C=O) groups is 2. The Morgan fingerprint density at radius 1 is 1.32 bits per heavy atom. The van der Waals surface area contributed by atoms with Crippen LogP contribution in [0.4, 0.5) is 4.79 Å². The second kappa shape index (κ2) is 7.97. The van der Waals surface area contributed by atoms with E-state index >= 15 is 0 Å². The van der Waals surface area contributed by atoms with Gasteiger partial charge in [0.25, 0.3) is 0 Å². The summed E-state index contributed by atoms with van der Waals surface area (Å²) in [6.45, 7) is 4.34. The van der Waals surface area contributed by atoms with Gasteiger partial charge in [-0.3, -0.25) is 4.79 Å². The van der Waals surface area contributed by atoms with Crippen molar-refractivity contribution in [2.24, 2.45) is 5.92 Å². The lowest BCUT2D eigenvalue weighted by Gasteiger charge is -2.23. The fourth-order valence-electron chi connectivity index (χ4n) is 2.83. The standard InChI is InChI=1S/C18H25NO3/c1-3-4-6-9-14(2)17(20)19-16(13-22-18(19)21)12-15-10-7-5-8-11-15/h5,7-8,10-11,14,16H,3-4,6,9,12-13H2,1-2H3/t14?,16-/m1/s1. The fraction of sp³-hybridized carbons (Fsp3) is 0.556. The van der Waals surface area contributed by atoms with Crippen LogP contribution in [0.25, 0.3) is 0 Å². The van der Waals surface area contributed by atoms with Crippen LogP contribution in [-0.4, -0.2) is 29.5 Å². The van der Waals surface area contributed by atoms with Gasteiger partial charge in [0.2, 0.25) is 5.91 Å². The summed E-state index contributed by atoms with van der Waals surface area (Å²) in [6, 6.07) is 9.72. The van der Waals surface area contributed by atoms with Crippen LogP contribution in [0.2, 0.25) is 0 Å². The Morgan fingerprint density at radius 3 is 2.73 bits per heavy atom. The maximum atomic E-state index is 12.6. The van der Waals surface area contributed by atoms with Gasteiger partial charge in [-0.25, -0.2) is 9.69 Å². The van der Waals surface area contributed by atoms with Crippen LogP contribution in [0.1, 0.15) is 45.1 Å². The van der Waals surface area contributed by atoms with Crippen molar-refractivity contribution in [2.75, 3.05) is 6.61 Å². The molecule has 0 radical (unpaired) electrons. The van der Waals surface area contributed by atoms with E-state index in [0.717, 1.165) is 31.2 Å². The number of imide groups is 1. The smallest absolute Gasteiger partial charge is 0.416 e. The van der Waals surface area contributed by atoms with E-state index in [2.05, 4.69) is 6.92 Å². The van der Waals surface area contributed by atoms with E-state index in [1.807, 2.05) is 37.3 Å². The van der Waals surface area contributed by atoms with Crippen molar-refractivity contribution < 1.29 is 14.3 Å². The molecule has 4 nitrogen and oxygen atoms in total. The minimum absolute atomic E-state index is 0.0977. The van der Waals surface area contributed by atoms with Crippen LogP contribution >= 0.6 is 0 Å². The highest BCUT2D eigenvalue weighted by atomic mass is 16.6. The number of hydrogen-bond acceptors (Lipinski definition) is 3. The van der Waals surface area contributed by atoms with Crippen molar-refractivity contribution in [3.8, 4) is 0 Å². The van der Waals surface area contributed by atoms with Gasteiger partial charge in [-0.05, 0) is 18.4 Å². The Labute approximate surface area is 132 Å². The van der Waals surface area contributed by atoms with Gasteiger partial charge in [0, 0.05) is 5.92 Å². The van der Waals surface area contributed by atoms with Crippen LogP contribution in [0, 0.1) is 5.92 Å². The number of cyclic esters (lactones) is 1. The summed E-state index contributed by atoms with van der Waals surface area (Å²) in [5, 5.41) is 0. The van der Waals surface area contributed by atoms with Crippen LogP contribution in [0.3, 0.4) is 0 Å². The Hall–Kier alpha value is -1.84. The number of carbonyl (C=O) groups excluding carboxylic acids is 2. The van der Waals surface area contributed by atoms with Crippen molar-refractivity contribution in [1.82, 2.24) is 4.90 Å². The van der Waals surface area contributed by atoms with E-state index < -0.39 is 6.09 Å². The first-order valence-corrected chi connectivity index (χ1v) is 8.17. The van der Waals surface area contributed by atoms with Crippen molar-refractivity contribution >= 4 is 12.0 Å². The second-order valence-electron chi connectivity index (χ2n) is 6.03. The average molecular weight is 303 g/mol. The molecule has 1 aromatic rings. The number of hydrogen-bond donors (Lipinski definition) is 0. The monoisotopic (exact) mass is 303 g/mol. The minimum atomic E-state index is -0.492. The van der Waals surface area contributed by atoms with Gasteiger partial charge in [0.15, 0.2) is 0 Å². The van der Waals surface area contributed by atoms with Crippen molar-refractivity contribution in [3.63, 3.8) is 0 Å². The number of rotatable bonds is 7. The van der Waals surface area contributed by atoms with Crippen LogP contribution in [0.5, 0.6) is 0 Å². The van der Waals surface area contributed by atoms with E-state index in [1.54, 1.807) is 0 Å². The fourth-order valence-corrected chi connectivity index (χ4v) is 2.83. The third-order valence-electron chi connectivity index (χ3n) is 4.17. The zero-order valence-electron chi connectivity index (χ0n) is 13.5. The molecule has 1 aliphatic heterocycles. The number of unbranched alkanes of at least 4 members (excludes halogenated alkanes) is 2. The maximum absolute atomic E-state index is 12.6. The molecule has 1 aliphatic rings. The molecule has 2 rings (SSSR count). The van der Waals surface area contributed by atoms with Gasteiger partial charge < -0.3 is 4.74 Å². The van der Waals surface area contributed by atoms with Gasteiger partial charge in [-0.1, -0.05) is 63.4 Å². The van der Waals surface area contributed by atoms with Gasteiger partial charge in [0.05, 0.1) is 6.04 Å². The third-order valence-corrected chi connectivity index (χ3v) is 4.17. The lowest BCUT2D eigenvalue weighted by molar-refractivity contribution is -0.133. The van der Waals surface area contributed by atoms with Gasteiger partial charge in [-0.2, -0.15) is 0 Å². The first-order valence-electron chi connectivity index (χ1n) is 8.17. The van der Waals surface area contributed by atoms with Gasteiger partial charge >= 0.3 is 6.09 Å². The maximum Gasteiger partial charge on any atom is 0.416 e. The molecule has 0 bridgehead atoms. The third kappa shape index (κ3) is 4.09. The van der Waals surface area contributed by atoms with Crippen molar-refractivity contribution in [3.05, 3.63) is 35.9 Å². The topological polar surface area (TPSA) is 46.6 Å². The molecule has 1 aromatic carbocycles. The second-order valence-corrected chi connectivity index (χ2v) is 6.03. The van der Waals surface area contributed by atoms with Gasteiger partial charge in [-0.15, -0.1) is 0 Å². The molecular weight excluding hydrogens is 278 g/mol. The lowest BCUT2D eigenvalue weighted by Crippen LogP contribution is -2.43. The Morgan fingerprint density at radius 2 is 2.05 bits per heavy atom. The van der Waals surface area contributed by atoms with Crippen LogP contribution < -0.4 is 0 Å². The highest BCUT2D eigenvalue weighted by molar-refractivity contribution is 5.94. The molecule has 0 aliphatic carbocycles. The molecule has 1 fully saturated rings. The Balaban J connectivity index is 1.99. The summed E-state index contributed by atoms with van der Waals surface area (Å²) in [6.07, 6.45) is 4.26. The van der Waals surface area contributed by atoms with Crippen molar-refractivity contribution in [1.29, 1.82) is 0 Å². The van der Waals surface area contributed by atoms with Gasteiger partial charge in [0.1, 0.15) is 6.61 Å². The molecular formula is C18H25NO3. The normalized spacial score (nSPS) is 19.1. The van der Waals surface area contributed by atoms with Crippen molar-refractivity contribution in [2.45, 2.75) is 52.0 Å². The summed E-state index contributed by atoms with van der Waals surface area (Å²) in [4.78, 5) is 25.8. The van der Waals surface area contributed by atoms with E-state index in [4.69, 9.17) is 4.74 Å². The van der Waals surface area contributed by atoms with E-state index in [-0.39, 0.29) is 17.9 Å². The van der Waals surface area contributed by atoms with E-state index in [1.165, 1.54) is 4.90 Å². The number of amides is 2. The molecule has 0 spiro atoms. The first kappa shape index (κ1) is 16.5. The minimum Gasteiger partial charge on any atom is -0.447 e. The molecule has 0 N–H and O–H groups in total. The van der Waals surface area contributed by atoms with Crippen LogP contribution in [0.15, 0.2) is 30.3 Å². The highest BCUT2D eigenvalue weighted by Gasteiger charge is 2.39. The lowest BCUT2D eigenvalue weighted by atomic mass is 10.00. The molecule has 2 amide bonds. The molecule has 22 heavy (non-hydrogen) atoms. The Kier molecular flexibility index (Phi) is 5.99. The first-order chi connectivity index (χ1) is 10.6. The molecule has 0 saturated carbocycles. The molecule has 2 atom stereocenters. The largest absolute Gasteiger partial charge is 0.447 e. The number of benzene rings is 1. The number of ether oxygens (including phenoxy) is 1. The van der Waals surface area contributed by atoms with Crippen LogP contribution in [-0.2, 0) is 16.0 Å². The SMILES string of the molecule is CCCCCC(C)C(=O)N1C(=O)OC[C@H]1Cc1ccccc1. The summed E-state index contributed by atoms with van der Waals surface area (Å²) in [5.41, 5.74) is 1.11. The number of nitrogens with zero attached hydrogens (tertiary/aromatic N) is 1. The quantitative estimate of drug-likeness (QED) is 0.720. The van der Waals surface area contributed by atoms with E-state index in [9.17, 15) is 9.59 Å². The summed E-state index contributed by atoms with van der Waals surface area (Å²) < 4.78 is 5.11. The Bertz CT molecular complexity index is 500. The predicted octanol–water partition coefficient (Wildman–Crippen LogP) is 3.79. The molecule has 4 heteroatoms. The summed E-state index contributed by atoms with van der Waals surface area (Å²) in [7, 11) is 0. The molecule has 1 heterocycles. The molecule has 0 aromatic heterocycles. The zero-order valence-corrected chi connectivity index (χ0v) is 13.5. The average Bonchev–Trinajstić information content (AvgIpc) is 2.88. The summed E-state index contributed by atoms with van der Waals surface area (Å²) >= 11 is 0. The molecule has 120 valence electrons. The molecule has 1 saturated heterocycles. The zero-order chi connectivity index (χ0) is 15.9. The predicted molar refractivity (Wildman–Crippen MR) is 85.4 cm³/mol. The van der Waals surface area contributed by atoms with E-state index in [0.29, 0.717) is 13.0 Å². The summed E-state index contributed by atoms with van der Waals surface area (Å²) in [5.74, 6) is -0.227. The molecule has 1 unspecified atom stereocenters.